The van der Waals surface area contributed by atoms with Crippen molar-refractivity contribution in [2.24, 2.45) is 0 Å². The molecule has 1 amide bonds. The summed E-state index contributed by atoms with van der Waals surface area (Å²) in [6, 6.07) is 7.06. The Hall–Kier alpha value is -2.54. The number of amides is 1. The fourth-order valence-corrected chi connectivity index (χ4v) is 2.00. The van der Waals surface area contributed by atoms with Crippen molar-refractivity contribution >= 4 is 23.5 Å². The molecule has 0 aromatic heterocycles. The van der Waals surface area contributed by atoms with Crippen molar-refractivity contribution < 1.29 is 27.5 Å². The molecule has 0 fully saturated rings. The van der Waals surface area contributed by atoms with Crippen molar-refractivity contribution in [3.05, 3.63) is 70.0 Å². The summed E-state index contributed by atoms with van der Waals surface area (Å²) >= 11 is 5.62. The van der Waals surface area contributed by atoms with Crippen molar-refractivity contribution in [3.63, 3.8) is 0 Å². The van der Waals surface area contributed by atoms with Gasteiger partial charge in [-0.25, -0.2) is 18.0 Å². The highest BCUT2D eigenvalue weighted by Gasteiger charge is 2.17. The van der Waals surface area contributed by atoms with Crippen LogP contribution in [0.4, 0.5) is 13.2 Å². The monoisotopic (exact) mass is 357 g/mol. The van der Waals surface area contributed by atoms with Crippen LogP contribution < -0.4 is 5.32 Å². The minimum Gasteiger partial charge on any atom is -0.452 e. The van der Waals surface area contributed by atoms with Gasteiger partial charge in [0.05, 0.1) is 10.6 Å². The lowest BCUT2D eigenvalue weighted by atomic mass is 10.2. The number of carbonyl (C=O) groups excluding carboxylic acids is 2. The minimum atomic E-state index is -1.27. The van der Waals surface area contributed by atoms with Gasteiger partial charge in [0.15, 0.2) is 18.2 Å². The molecule has 0 atom stereocenters. The van der Waals surface area contributed by atoms with Crippen molar-refractivity contribution in [3.8, 4) is 0 Å². The van der Waals surface area contributed by atoms with E-state index < -0.39 is 41.5 Å². The first-order valence-corrected chi connectivity index (χ1v) is 7.08. The molecule has 4 nitrogen and oxygen atoms in total. The van der Waals surface area contributed by atoms with Crippen LogP contribution in [0.25, 0.3) is 0 Å². The normalized spacial score (nSPS) is 10.3. The summed E-state index contributed by atoms with van der Waals surface area (Å²) in [6.07, 6.45) is 0. The number of hydrogen-bond donors (Lipinski definition) is 1. The van der Waals surface area contributed by atoms with Crippen LogP contribution in [0.3, 0.4) is 0 Å². The molecule has 0 aliphatic rings. The highest BCUT2D eigenvalue weighted by Crippen LogP contribution is 2.20. The van der Waals surface area contributed by atoms with E-state index >= 15 is 0 Å². The molecule has 0 heterocycles. The number of halogens is 4. The standard InChI is InChI=1S/C16H11ClF3NO3/c17-11-6-14(20)13(19)5-10(11)16(23)24-8-15(22)21-7-9-3-1-2-4-12(9)18/h1-6H,7-8H2,(H,21,22). The fraction of sp³-hybridized carbons (Fsp3) is 0.125. The number of esters is 1. The number of ether oxygens (including phenoxy) is 1. The molecule has 0 unspecified atom stereocenters. The Morgan fingerprint density at radius 3 is 2.42 bits per heavy atom. The predicted molar refractivity (Wildman–Crippen MR) is 79.9 cm³/mol. The topological polar surface area (TPSA) is 55.4 Å². The SMILES string of the molecule is O=C(COC(=O)c1cc(F)c(F)cc1Cl)NCc1ccccc1F. The largest absolute Gasteiger partial charge is 0.452 e. The van der Waals surface area contributed by atoms with Crippen LogP contribution in [0.1, 0.15) is 15.9 Å². The van der Waals surface area contributed by atoms with E-state index in [9.17, 15) is 22.8 Å². The van der Waals surface area contributed by atoms with Crippen LogP contribution in [0.15, 0.2) is 36.4 Å². The molecule has 1 N–H and O–H groups in total. The Labute approximate surface area is 140 Å². The van der Waals surface area contributed by atoms with E-state index in [1.54, 1.807) is 6.07 Å². The second-order valence-electron chi connectivity index (χ2n) is 4.69. The third-order valence-corrected chi connectivity index (χ3v) is 3.31. The van der Waals surface area contributed by atoms with Crippen LogP contribution in [0.5, 0.6) is 0 Å². The Kier molecular flexibility index (Phi) is 5.81. The van der Waals surface area contributed by atoms with E-state index in [2.05, 4.69) is 10.1 Å². The van der Waals surface area contributed by atoms with Gasteiger partial charge in [0.2, 0.25) is 0 Å². The maximum Gasteiger partial charge on any atom is 0.340 e. The van der Waals surface area contributed by atoms with Gasteiger partial charge in [0.1, 0.15) is 5.82 Å². The predicted octanol–water partition coefficient (Wildman–Crippen LogP) is 3.23. The van der Waals surface area contributed by atoms with Gasteiger partial charge in [-0.3, -0.25) is 4.79 Å². The van der Waals surface area contributed by atoms with Gasteiger partial charge in [-0.15, -0.1) is 0 Å². The summed E-state index contributed by atoms with van der Waals surface area (Å²) < 4.78 is 44.1. The number of rotatable bonds is 5. The van der Waals surface area contributed by atoms with Gasteiger partial charge >= 0.3 is 5.97 Å². The average molecular weight is 358 g/mol. The Bertz CT molecular complexity index is 783. The zero-order valence-electron chi connectivity index (χ0n) is 12.1. The lowest BCUT2D eigenvalue weighted by Gasteiger charge is -2.08. The van der Waals surface area contributed by atoms with E-state index in [0.717, 1.165) is 0 Å². The molecular formula is C16H11ClF3NO3. The van der Waals surface area contributed by atoms with Gasteiger partial charge in [-0.2, -0.15) is 0 Å². The van der Waals surface area contributed by atoms with Crippen LogP contribution in [0, 0.1) is 17.5 Å². The molecule has 0 aliphatic carbocycles. The van der Waals surface area contributed by atoms with Crippen molar-refractivity contribution in [2.75, 3.05) is 6.61 Å². The number of benzene rings is 2. The second kappa shape index (κ2) is 7.83. The molecule has 8 heteroatoms. The molecule has 2 aromatic carbocycles. The molecule has 0 radical (unpaired) electrons. The lowest BCUT2D eigenvalue weighted by molar-refractivity contribution is -0.124. The molecular weight excluding hydrogens is 347 g/mol. The first kappa shape index (κ1) is 17.8. The van der Waals surface area contributed by atoms with Gasteiger partial charge in [0.25, 0.3) is 5.91 Å². The molecule has 0 aliphatic heterocycles. The van der Waals surface area contributed by atoms with E-state index in [4.69, 9.17) is 11.6 Å². The molecule has 0 spiro atoms. The van der Waals surface area contributed by atoms with E-state index in [0.29, 0.717) is 12.1 Å². The summed E-state index contributed by atoms with van der Waals surface area (Å²) in [5, 5.41) is 2.02. The zero-order valence-corrected chi connectivity index (χ0v) is 12.9. The summed E-state index contributed by atoms with van der Waals surface area (Å²) in [5.41, 5.74) is -0.140. The molecule has 2 rings (SSSR count). The maximum atomic E-state index is 13.4. The highest BCUT2D eigenvalue weighted by molar-refractivity contribution is 6.33. The minimum absolute atomic E-state index is 0.0883. The third-order valence-electron chi connectivity index (χ3n) is 3.00. The van der Waals surface area contributed by atoms with Crippen molar-refractivity contribution in [1.29, 1.82) is 0 Å². The molecule has 2 aromatic rings. The van der Waals surface area contributed by atoms with Crippen molar-refractivity contribution in [1.82, 2.24) is 5.32 Å². The van der Waals surface area contributed by atoms with Gasteiger partial charge in [-0.05, 0) is 18.2 Å². The zero-order chi connectivity index (χ0) is 17.7. The fourth-order valence-electron chi connectivity index (χ4n) is 1.77. The number of hydrogen-bond acceptors (Lipinski definition) is 3. The van der Waals surface area contributed by atoms with E-state index in [-0.39, 0.29) is 17.1 Å². The summed E-state index contributed by atoms with van der Waals surface area (Å²) in [4.78, 5) is 23.3. The van der Waals surface area contributed by atoms with Crippen LogP contribution in [-0.2, 0) is 16.1 Å². The summed E-state index contributed by atoms with van der Waals surface area (Å²) in [6.45, 7) is -0.766. The van der Waals surface area contributed by atoms with E-state index in [1.165, 1.54) is 18.2 Å². The second-order valence-corrected chi connectivity index (χ2v) is 5.10. The summed E-state index contributed by atoms with van der Waals surface area (Å²) in [5.74, 6) is -4.73. The molecule has 0 bridgehead atoms. The molecule has 126 valence electrons. The van der Waals surface area contributed by atoms with Crippen molar-refractivity contribution in [2.45, 2.75) is 6.54 Å². The molecule has 0 saturated carbocycles. The Balaban J connectivity index is 1.89. The quantitative estimate of drug-likeness (QED) is 0.660. The first-order valence-electron chi connectivity index (χ1n) is 6.70. The highest BCUT2D eigenvalue weighted by atomic mass is 35.5. The molecule has 0 saturated heterocycles. The van der Waals surface area contributed by atoms with Crippen LogP contribution >= 0.6 is 11.6 Å². The smallest absolute Gasteiger partial charge is 0.340 e. The van der Waals surface area contributed by atoms with Gasteiger partial charge in [0, 0.05) is 12.1 Å². The molecule has 24 heavy (non-hydrogen) atoms. The van der Waals surface area contributed by atoms with Crippen LogP contribution in [-0.4, -0.2) is 18.5 Å². The Morgan fingerprint density at radius 1 is 1.04 bits per heavy atom. The number of carbonyl (C=O) groups is 2. The van der Waals surface area contributed by atoms with Gasteiger partial charge in [-0.1, -0.05) is 29.8 Å². The lowest BCUT2D eigenvalue weighted by Crippen LogP contribution is -2.28. The number of nitrogens with one attached hydrogen (secondary N) is 1. The van der Waals surface area contributed by atoms with Gasteiger partial charge < -0.3 is 10.1 Å². The maximum absolute atomic E-state index is 13.4. The summed E-state index contributed by atoms with van der Waals surface area (Å²) in [7, 11) is 0. The van der Waals surface area contributed by atoms with E-state index in [1.807, 2.05) is 0 Å². The first-order chi connectivity index (χ1) is 11.4. The average Bonchev–Trinajstić information content (AvgIpc) is 2.55. The third kappa shape index (κ3) is 4.48. The Morgan fingerprint density at radius 2 is 1.71 bits per heavy atom. The van der Waals surface area contributed by atoms with Crippen LogP contribution in [0.2, 0.25) is 5.02 Å².